The van der Waals surface area contributed by atoms with E-state index in [1.165, 1.54) is 0 Å². The van der Waals surface area contributed by atoms with Crippen LogP contribution in [0.4, 0.5) is 5.69 Å². The third kappa shape index (κ3) is 3.54. The first kappa shape index (κ1) is 14.0. The largest absolute Gasteiger partial charge is 0.464 e. The van der Waals surface area contributed by atoms with Crippen molar-refractivity contribution in [1.29, 1.82) is 0 Å². The Kier molecular flexibility index (Phi) is 4.55. The summed E-state index contributed by atoms with van der Waals surface area (Å²) in [6.45, 7) is 0.584. The van der Waals surface area contributed by atoms with E-state index >= 15 is 0 Å². The van der Waals surface area contributed by atoms with Crippen LogP contribution in [0.5, 0.6) is 0 Å². The van der Waals surface area contributed by atoms with E-state index in [2.05, 4.69) is 21.2 Å². The molecule has 1 unspecified atom stereocenters. The van der Waals surface area contributed by atoms with E-state index < -0.39 is 0 Å². The summed E-state index contributed by atoms with van der Waals surface area (Å²) in [5.74, 6) is -0.412. The Balaban J connectivity index is 1.91. The highest BCUT2D eigenvalue weighted by atomic mass is 79.9. The summed E-state index contributed by atoms with van der Waals surface area (Å²) in [5.41, 5.74) is 0.717. The van der Waals surface area contributed by atoms with E-state index in [1.54, 1.807) is 11.9 Å². The number of anilines is 1. The van der Waals surface area contributed by atoms with Gasteiger partial charge in [-0.15, -0.1) is 0 Å². The van der Waals surface area contributed by atoms with Gasteiger partial charge in [-0.2, -0.15) is 0 Å². The Hall–Kier alpha value is -1.40. The maximum atomic E-state index is 11.9. The molecular weight excluding hydrogens is 312 g/mol. The number of cyclic esters (lactones) is 1. The van der Waals surface area contributed by atoms with E-state index in [9.17, 15) is 9.59 Å². The van der Waals surface area contributed by atoms with Gasteiger partial charge in [0.25, 0.3) is 0 Å². The maximum Gasteiger partial charge on any atom is 0.323 e. The van der Waals surface area contributed by atoms with E-state index in [0.717, 1.165) is 10.2 Å². The number of amides is 1. The molecule has 1 aliphatic heterocycles. The monoisotopic (exact) mass is 326 g/mol. The highest BCUT2D eigenvalue weighted by Gasteiger charge is 2.31. The number of rotatable bonds is 4. The average Bonchev–Trinajstić information content (AvgIpc) is 2.78. The molecule has 102 valence electrons. The molecule has 6 heteroatoms. The van der Waals surface area contributed by atoms with Crippen molar-refractivity contribution in [3.63, 3.8) is 0 Å². The third-order valence-electron chi connectivity index (χ3n) is 2.98. The lowest BCUT2D eigenvalue weighted by molar-refractivity contribution is -0.142. The lowest BCUT2D eigenvalue weighted by Gasteiger charge is -2.20. The van der Waals surface area contributed by atoms with Gasteiger partial charge in [-0.1, -0.05) is 12.1 Å². The van der Waals surface area contributed by atoms with Gasteiger partial charge in [0.1, 0.15) is 6.04 Å². The first-order valence-electron chi connectivity index (χ1n) is 5.99. The Labute approximate surface area is 120 Å². The fraction of sp³-hybridized carbons (Fsp3) is 0.385. The van der Waals surface area contributed by atoms with Crippen molar-refractivity contribution in [3.05, 3.63) is 28.7 Å². The Morgan fingerprint density at radius 1 is 1.53 bits per heavy atom. The number of ether oxygens (including phenoxy) is 1. The summed E-state index contributed by atoms with van der Waals surface area (Å²) >= 11 is 3.36. The number of likely N-dealkylation sites (N-methyl/N-ethyl adjacent to an activating group) is 1. The number of hydrogen-bond donors (Lipinski definition) is 1. The summed E-state index contributed by atoms with van der Waals surface area (Å²) in [6, 6.07) is 7.07. The molecule has 5 nitrogen and oxygen atoms in total. The molecule has 1 fully saturated rings. The standard InChI is InChI=1S/C13H15BrN2O3/c1-16(11-6-7-19-13(11)18)8-12(17)15-10-5-3-2-4-9(10)14/h2-5,11H,6-8H2,1H3,(H,15,17). The quantitative estimate of drug-likeness (QED) is 0.854. The van der Waals surface area contributed by atoms with E-state index in [1.807, 2.05) is 24.3 Å². The molecule has 0 aliphatic carbocycles. The van der Waals surface area contributed by atoms with Gasteiger partial charge in [0.05, 0.1) is 18.8 Å². The minimum Gasteiger partial charge on any atom is -0.464 e. The van der Waals surface area contributed by atoms with Crippen LogP contribution < -0.4 is 5.32 Å². The number of benzene rings is 1. The first-order valence-corrected chi connectivity index (χ1v) is 6.78. The normalized spacial score (nSPS) is 18.5. The van der Waals surface area contributed by atoms with E-state index in [0.29, 0.717) is 13.0 Å². The molecule has 0 saturated carbocycles. The molecule has 1 aliphatic rings. The number of carbonyl (C=O) groups is 2. The molecule has 1 atom stereocenters. The fourth-order valence-corrected chi connectivity index (χ4v) is 2.36. The number of carbonyl (C=O) groups excluding carboxylic acids is 2. The zero-order valence-corrected chi connectivity index (χ0v) is 12.1. The smallest absolute Gasteiger partial charge is 0.323 e. The molecule has 1 amide bonds. The predicted molar refractivity (Wildman–Crippen MR) is 74.8 cm³/mol. The highest BCUT2D eigenvalue weighted by Crippen LogP contribution is 2.21. The molecule has 2 rings (SSSR count). The number of esters is 1. The summed E-state index contributed by atoms with van der Waals surface area (Å²) in [5, 5.41) is 2.80. The zero-order chi connectivity index (χ0) is 13.8. The van der Waals surface area contributed by atoms with Gasteiger partial charge < -0.3 is 10.1 Å². The van der Waals surface area contributed by atoms with Crippen molar-refractivity contribution in [2.75, 3.05) is 25.5 Å². The van der Waals surface area contributed by atoms with Crippen LogP contribution in [0.15, 0.2) is 28.7 Å². The summed E-state index contributed by atoms with van der Waals surface area (Å²) in [7, 11) is 1.75. The highest BCUT2D eigenvalue weighted by molar-refractivity contribution is 9.10. The van der Waals surface area contributed by atoms with Crippen LogP contribution in [0.25, 0.3) is 0 Å². The van der Waals surface area contributed by atoms with E-state index in [-0.39, 0.29) is 24.5 Å². The molecule has 0 aromatic heterocycles. The second-order valence-corrected chi connectivity index (χ2v) is 5.27. The van der Waals surface area contributed by atoms with Gasteiger partial charge in [0.15, 0.2) is 0 Å². The van der Waals surface area contributed by atoms with Crippen molar-refractivity contribution < 1.29 is 14.3 Å². The van der Waals surface area contributed by atoms with Crippen molar-refractivity contribution in [1.82, 2.24) is 4.90 Å². The lowest BCUT2D eigenvalue weighted by Crippen LogP contribution is -2.40. The van der Waals surface area contributed by atoms with Gasteiger partial charge in [0, 0.05) is 10.9 Å². The molecule has 1 heterocycles. The Morgan fingerprint density at radius 2 is 2.26 bits per heavy atom. The molecule has 0 bridgehead atoms. The number of hydrogen-bond acceptors (Lipinski definition) is 4. The van der Waals surface area contributed by atoms with Crippen LogP contribution in [0.3, 0.4) is 0 Å². The summed E-state index contributed by atoms with van der Waals surface area (Å²) < 4.78 is 5.71. The summed E-state index contributed by atoms with van der Waals surface area (Å²) in [6.07, 6.45) is 0.637. The predicted octanol–water partition coefficient (Wildman–Crippen LogP) is 1.63. The Bertz CT molecular complexity index is 493. The molecular formula is C13H15BrN2O3. The van der Waals surface area contributed by atoms with Gasteiger partial charge in [-0.3, -0.25) is 14.5 Å². The molecule has 1 saturated heterocycles. The molecule has 1 aromatic rings. The van der Waals surface area contributed by atoms with Crippen LogP contribution in [-0.4, -0.2) is 43.0 Å². The topological polar surface area (TPSA) is 58.6 Å². The first-order chi connectivity index (χ1) is 9.08. The fourth-order valence-electron chi connectivity index (χ4n) is 1.97. The van der Waals surface area contributed by atoms with Crippen LogP contribution in [0.2, 0.25) is 0 Å². The second kappa shape index (κ2) is 6.16. The van der Waals surface area contributed by atoms with Crippen LogP contribution in [0.1, 0.15) is 6.42 Å². The van der Waals surface area contributed by atoms with Gasteiger partial charge in [-0.25, -0.2) is 0 Å². The lowest BCUT2D eigenvalue weighted by atomic mass is 10.2. The molecule has 19 heavy (non-hydrogen) atoms. The van der Waals surface area contributed by atoms with Crippen LogP contribution in [-0.2, 0) is 14.3 Å². The minimum absolute atomic E-state index is 0.154. The van der Waals surface area contributed by atoms with Crippen molar-refractivity contribution in [3.8, 4) is 0 Å². The third-order valence-corrected chi connectivity index (χ3v) is 3.67. The van der Waals surface area contributed by atoms with Crippen LogP contribution in [0, 0.1) is 0 Å². The zero-order valence-electron chi connectivity index (χ0n) is 10.6. The second-order valence-electron chi connectivity index (χ2n) is 4.42. The van der Waals surface area contributed by atoms with Gasteiger partial charge >= 0.3 is 5.97 Å². The number of nitrogens with one attached hydrogen (secondary N) is 1. The van der Waals surface area contributed by atoms with Crippen molar-refractivity contribution in [2.45, 2.75) is 12.5 Å². The SMILES string of the molecule is CN(CC(=O)Nc1ccccc1Br)C1CCOC1=O. The Morgan fingerprint density at radius 3 is 2.89 bits per heavy atom. The number of nitrogens with zero attached hydrogens (tertiary/aromatic N) is 1. The summed E-state index contributed by atoms with van der Waals surface area (Å²) in [4.78, 5) is 25.0. The van der Waals surface area contributed by atoms with Crippen molar-refractivity contribution >= 4 is 33.5 Å². The van der Waals surface area contributed by atoms with Gasteiger partial charge in [0.2, 0.25) is 5.91 Å². The van der Waals surface area contributed by atoms with E-state index in [4.69, 9.17) is 4.74 Å². The number of halogens is 1. The molecule has 0 radical (unpaired) electrons. The molecule has 0 spiro atoms. The van der Waals surface area contributed by atoms with Crippen molar-refractivity contribution in [2.24, 2.45) is 0 Å². The average molecular weight is 327 g/mol. The molecule has 1 aromatic carbocycles. The van der Waals surface area contributed by atoms with Crippen LogP contribution >= 0.6 is 15.9 Å². The maximum absolute atomic E-state index is 11.9. The minimum atomic E-state index is -0.315. The number of para-hydroxylation sites is 1. The van der Waals surface area contributed by atoms with Gasteiger partial charge in [-0.05, 0) is 35.1 Å². The molecule has 1 N–H and O–H groups in total.